The predicted octanol–water partition coefficient (Wildman–Crippen LogP) is 8.52. The van der Waals surface area contributed by atoms with Crippen molar-refractivity contribution in [3.05, 3.63) is 87.7 Å². The van der Waals surface area contributed by atoms with Gasteiger partial charge in [-0.25, -0.2) is 9.37 Å². The number of carbonyl (C=O) groups is 1. The lowest BCUT2D eigenvalue weighted by atomic mass is 9.93. The minimum Gasteiger partial charge on any atom is -0.489 e. The highest BCUT2D eigenvalue weighted by Gasteiger charge is 2.42. The fourth-order valence-electron chi connectivity index (χ4n) is 7.95. The molecule has 8 nitrogen and oxygen atoms in total. The summed E-state index contributed by atoms with van der Waals surface area (Å²) in [6.07, 6.45) is 7.94. The van der Waals surface area contributed by atoms with Crippen molar-refractivity contribution < 1.29 is 13.9 Å². The van der Waals surface area contributed by atoms with Crippen LogP contribution in [0.4, 0.5) is 4.39 Å². The monoisotopic (exact) mass is 710 g/mol. The highest BCUT2D eigenvalue weighted by atomic mass is 35.5. The van der Waals surface area contributed by atoms with Crippen molar-refractivity contribution in [3.8, 4) is 22.9 Å². The molecule has 256 valence electrons. The van der Waals surface area contributed by atoms with Crippen molar-refractivity contribution in [3.63, 3.8) is 0 Å². The topological polar surface area (TPSA) is 96.1 Å². The van der Waals surface area contributed by atoms with Gasteiger partial charge in [-0.1, -0.05) is 35.3 Å². The Morgan fingerprint density at radius 1 is 1.14 bits per heavy atom. The number of aryl methyl sites for hydroxylation is 2. The highest BCUT2D eigenvalue weighted by molar-refractivity contribution is 6.43. The molecule has 1 aliphatic carbocycles. The molecule has 1 N–H and O–H groups in total. The Balaban J connectivity index is 1.35. The van der Waals surface area contributed by atoms with E-state index in [2.05, 4.69) is 31.9 Å². The van der Waals surface area contributed by atoms with E-state index in [4.69, 9.17) is 32.9 Å². The van der Waals surface area contributed by atoms with Crippen LogP contribution in [0.3, 0.4) is 0 Å². The molecule has 0 spiro atoms. The van der Waals surface area contributed by atoms with Gasteiger partial charge in [0, 0.05) is 83.8 Å². The van der Waals surface area contributed by atoms with E-state index in [9.17, 15) is 10.1 Å². The summed E-state index contributed by atoms with van der Waals surface area (Å²) < 4.78 is 25.9. The van der Waals surface area contributed by atoms with Gasteiger partial charge in [0.05, 0.1) is 33.9 Å². The number of aromatic nitrogens is 3. The summed E-state index contributed by atoms with van der Waals surface area (Å²) in [5.41, 5.74) is 4.30. The van der Waals surface area contributed by atoms with Crippen LogP contribution in [0.1, 0.15) is 67.6 Å². The maximum Gasteiger partial charge on any atom is 0.226 e. The van der Waals surface area contributed by atoms with Crippen LogP contribution in [-0.2, 0) is 11.2 Å². The Kier molecular flexibility index (Phi) is 8.88. The van der Waals surface area contributed by atoms with Gasteiger partial charge in [0.2, 0.25) is 5.91 Å². The maximum absolute atomic E-state index is 17.1. The second-order valence-corrected chi connectivity index (χ2v) is 14.5. The number of hydrogen-bond acceptors (Lipinski definition) is 6. The number of carbonyl (C=O) groups excluding carboxylic acids is 1. The molecule has 0 unspecified atom stereocenters. The molecule has 5 heterocycles. The number of benzene rings is 2. The van der Waals surface area contributed by atoms with Crippen molar-refractivity contribution in [2.75, 3.05) is 19.6 Å². The summed E-state index contributed by atoms with van der Waals surface area (Å²) in [5, 5.41) is 15.3. The summed E-state index contributed by atoms with van der Waals surface area (Å²) in [6.45, 7) is 4.11. The average molecular weight is 712 g/mol. The Morgan fingerprint density at radius 3 is 2.74 bits per heavy atom. The molecule has 2 aromatic carbocycles. The molecule has 8 rings (SSSR count). The zero-order valence-corrected chi connectivity index (χ0v) is 29.3. The minimum absolute atomic E-state index is 0.0667. The minimum atomic E-state index is -0.489. The first-order valence-electron chi connectivity index (χ1n) is 17.4. The predicted molar refractivity (Wildman–Crippen MR) is 193 cm³/mol. The Labute approximate surface area is 300 Å². The summed E-state index contributed by atoms with van der Waals surface area (Å²) in [4.78, 5) is 25.1. The number of nitrogens with one attached hydrogen (secondary N) is 1. The Morgan fingerprint density at radius 2 is 2.00 bits per heavy atom. The summed E-state index contributed by atoms with van der Waals surface area (Å²) >= 11 is 13.1. The number of piperidine rings is 1. The zero-order valence-electron chi connectivity index (χ0n) is 27.8. The number of halogens is 3. The van der Waals surface area contributed by atoms with Crippen LogP contribution in [-0.4, -0.2) is 51.1 Å². The van der Waals surface area contributed by atoms with Crippen LogP contribution in [0, 0.1) is 30.0 Å². The fourth-order valence-corrected chi connectivity index (χ4v) is 8.34. The molecule has 50 heavy (non-hydrogen) atoms. The van der Waals surface area contributed by atoms with E-state index in [1.165, 1.54) is 0 Å². The Bertz CT molecular complexity index is 2160. The lowest BCUT2D eigenvalue weighted by molar-refractivity contribution is -0.138. The molecular formula is C39H37Cl2FN6O2. The zero-order chi connectivity index (χ0) is 34.5. The van der Waals surface area contributed by atoms with Gasteiger partial charge in [0.25, 0.3) is 0 Å². The van der Waals surface area contributed by atoms with Crippen molar-refractivity contribution in [2.45, 2.75) is 70.1 Å². The lowest BCUT2D eigenvalue weighted by Gasteiger charge is -2.40. The number of likely N-dealkylation sites (tertiary alicyclic amines) is 1. The number of nitriles is 1. The number of rotatable bonds is 8. The van der Waals surface area contributed by atoms with E-state index in [1.807, 2.05) is 25.1 Å². The second kappa shape index (κ2) is 13.5. The van der Waals surface area contributed by atoms with E-state index in [0.29, 0.717) is 57.9 Å². The van der Waals surface area contributed by atoms with E-state index in [0.717, 1.165) is 55.4 Å². The van der Waals surface area contributed by atoms with Gasteiger partial charge >= 0.3 is 0 Å². The van der Waals surface area contributed by atoms with E-state index >= 15 is 4.39 Å². The van der Waals surface area contributed by atoms with Crippen molar-refractivity contribution >= 4 is 50.9 Å². The SMILES string of the molecule is Cc1nc2c(F)c(-c3cccc(Cl)c3Cl)c(CCC#N)cc2c2c1cc([C@H]1C[C@@H](Oc3cccnc3)CCN1C(=O)C1CC1)n2[C@H]1CCNC1. The molecule has 3 aliphatic rings. The molecule has 5 aromatic rings. The maximum atomic E-state index is 17.1. The average Bonchev–Trinajstić information content (AvgIpc) is 3.68. The van der Waals surface area contributed by atoms with Crippen LogP contribution in [0.5, 0.6) is 5.75 Å². The third kappa shape index (κ3) is 5.87. The Hall–Kier alpha value is -4.23. The second-order valence-electron chi connectivity index (χ2n) is 13.7. The number of fused-ring (bicyclic) bond motifs is 3. The molecule has 0 bridgehead atoms. The standard InChI is InChI=1S/C39H37Cl2FN6O2/c1-22-29-19-33(32-18-26(50-27-6-4-14-44-21-27)12-16-47(32)39(49)23-9-10-23)48(25-11-15-45-20-25)38(29)30-17-24(5-3-13-43)34(36(42)37(30)46-22)28-7-2-8-31(40)35(28)41/h2,4,6-8,14,17,19,21,23,25-26,32,45H,3,5,9-12,15-16,18,20H2,1H3/t25-,26-,32+/m0/s1. The van der Waals surface area contributed by atoms with Crippen LogP contribution in [0.15, 0.2) is 54.9 Å². The third-order valence-corrected chi connectivity index (χ3v) is 11.3. The van der Waals surface area contributed by atoms with Crippen LogP contribution in [0.25, 0.3) is 32.9 Å². The molecule has 1 amide bonds. The van der Waals surface area contributed by atoms with Crippen LogP contribution >= 0.6 is 23.2 Å². The van der Waals surface area contributed by atoms with Gasteiger partial charge in [-0.2, -0.15) is 5.26 Å². The number of hydrogen-bond donors (Lipinski definition) is 1. The van der Waals surface area contributed by atoms with Gasteiger partial charge in [0.1, 0.15) is 17.4 Å². The summed E-state index contributed by atoms with van der Waals surface area (Å²) in [7, 11) is 0. The fraction of sp³-hybridized carbons (Fsp3) is 0.385. The summed E-state index contributed by atoms with van der Waals surface area (Å²) in [6, 6.07) is 15.2. The highest BCUT2D eigenvalue weighted by Crippen LogP contribution is 2.46. The van der Waals surface area contributed by atoms with Gasteiger partial charge in [-0.05, 0) is 75.0 Å². The van der Waals surface area contributed by atoms with Gasteiger partial charge in [0.15, 0.2) is 5.82 Å². The quantitative estimate of drug-likeness (QED) is 0.173. The van der Waals surface area contributed by atoms with Crippen molar-refractivity contribution in [1.29, 1.82) is 5.26 Å². The first-order chi connectivity index (χ1) is 24.3. The van der Waals surface area contributed by atoms with Crippen molar-refractivity contribution in [2.24, 2.45) is 5.92 Å². The van der Waals surface area contributed by atoms with E-state index in [-0.39, 0.29) is 47.0 Å². The molecule has 3 fully saturated rings. The first-order valence-corrected chi connectivity index (χ1v) is 18.1. The van der Waals surface area contributed by atoms with E-state index in [1.54, 1.807) is 30.6 Å². The summed E-state index contributed by atoms with van der Waals surface area (Å²) in [5.74, 6) is 0.484. The molecule has 1 saturated carbocycles. The van der Waals surface area contributed by atoms with Crippen LogP contribution < -0.4 is 10.1 Å². The van der Waals surface area contributed by atoms with Crippen molar-refractivity contribution in [1.82, 2.24) is 24.8 Å². The smallest absolute Gasteiger partial charge is 0.226 e. The molecule has 2 saturated heterocycles. The third-order valence-electron chi connectivity index (χ3n) is 10.5. The molecular weight excluding hydrogens is 674 g/mol. The molecule has 11 heteroatoms. The number of nitrogens with zero attached hydrogens (tertiary/aromatic N) is 5. The van der Waals surface area contributed by atoms with E-state index < -0.39 is 5.82 Å². The molecule has 0 radical (unpaired) electrons. The van der Waals surface area contributed by atoms with Gasteiger partial charge in [-0.3, -0.25) is 9.78 Å². The number of pyridine rings is 2. The first kappa shape index (κ1) is 32.9. The normalized spacial score (nSPS) is 20.8. The largest absolute Gasteiger partial charge is 0.489 e. The van der Waals surface area contributed by atoms with Gasteiger partial charge in [-0.15, -0.1) is 0 Å². The molecule has 3 aromatic heterocycles. The molecule has 2 aliphatic heterocycles. The molecule has 3 atom stereocenters. The van der Waals surface area contributed by atoms with Gasteiger partial charge < -0.3 is 19.5 Å². The number of amides is 1. The number of ether oxygens (including phenoxy) is 1. The lowest BCUT2D eigenvalue weighted by Crippen LogP contribution is -2.45. The van der Waals surface area contributed by atoms with Crippen LogP contribution in [0.2, 0.25) is 10.0 Å².